The second-order valence-electron chi connectivity index (χ2n) is 6.02. The van der Waals surface area contributed by atoms with E-state index in [1.807, 2.05) is 36.4 Å². The van der Waals surface area contributed by atoms with Crippen LogP contribution in [-0.2, 0) is 17.8 Å². The molecule has 0 atom stereocenters. The van der Waals surface area contributed by atoms with Crippen molar-refractivity contribution in [2.24, 2.45) is 5.92 Å². The van der Waals surface area contributed by atoms with E-state index in [9.17, 15) is 9.59 Å². The number of nitrogens with zero attached hydrogens (tertiary/aromatic N) is 1. The predicted octanol–water partition coefficient (Wildman–Crippen LogP) is 3.20. The minimum Gasteiger partial charge on any atom is -0.478 e. The molecule has 2 aromatic rings. The Morgan fingerprint density at radius 1 is 1.04 bits per heavy atom. The molecule has 5 heteroatoms. The van der Waals surface area contributed by atoms with Crippen molar-refractivity contribution in [3.05, 3.63) is 71.3 Å². The molecule has 24 heavy (non-hydrogen) atoms. The van der Waals surface area contributed by atoms with E-state index in [0.29, 0.717) is 24.6 Å². The fourth-order valence-electron chi connectivity index (χ4n) is 2.82. The van der Waals surface area contributed by atoms with Crippen molar-refractivity contribution >= 4 is 12.1 Å². The zero-order chi connectivity index (χ0) is 16.9. The van der Waals surface area contributed by atoms with Gasteiger partial charge in [0.05, 0.1) is 5.56 Å². The summed E-state index contributed by atoms with van der Waals surface area (Å²) >= 11 is 0. The van der Waals surface area contributed by atoms with E-state index in [2.05, 4.69) is 0 Å². The largest absolute Gasteiger partial charge is 0.478 e. The number of ether oxygens (including phenoxy) is 1. The molecule has 1 aliphatic heterocycles. The Hall–Kier alpha value is -2.82. The molecule has 0 aliphatic carbocycles. The monoisotopic (exact) mass is 325 g/mol. The Morgan fingerprint density at radius 3 is 2.46 bits per heavy atom. The van der Waals surface area contributed by atoms with Crippen LogP contribution in [0.4, 0.5) is 4.79 Å². The van der Waals surface area contributed by atoms with E-state index in [-0.39, 0.29) is 12.7 Å². The summed E-state index contributed by atoms with van der Waals surface area (Å²) in [6.45, 7) is 1.57. The maximum atomic E-state index is 12.0. The summed E-state index contributed by atoms with van der Waals surface area (Å²) in [5, 5.41) is 9.01. The Kier molecular flexibility index (Phi) is 4.79. The van der Waals surface area contributed by atoms with Crippen molar-refractivity contribution in [1.82, 2.24) is 4.90 Å². The second kappa shape index (κ2) is 7.17. The zero-order valence-electron chi connectivity index (χ0n) is 13.2. The lowest BCUT2D eigenvalue weighted by atomic mass is 9.92. The number of rotatable bonds is 5. The molecule has 0 bridgehead atoms. The molecule has 1 heterocycles. The van der Waals surface area contributed by atoms with Crippen LogP contribution >= 0.6 is 0 Å². The van der Waals surface area contributed by atoms with E-state index in [1.54, 1.807) is 23.1 Å². The average Bonchev–Trinajstić information content (AvgIpc) is 2.57. The highest BCUT2D eigenvalue weighted by atomic mass is 16.6. The third-order valence-corrected chi connectivity index (χ3v) is 4.12. The van der Waals surface area contributed by atoms with Gasteiger partial charge in [-0.05, 0) is 35.6 Å². The van der Waals surface area contributed by atoms with E-state index < -0.39 is 5.97 Å². The molecule has 1 fully saturated rings. The van der Waals surface area contributed by atoms with Gasteiger partial charge < -0.3 is 14.7 Å². The van der Waals surface area contributed by atoms with Crippen molar-refractivity contribution in [2.75, 3.05) is 13.1 Å². The Bertz CT molecular complexity index is 723. The molecule has 0 saturated carbocycles. The number of hydrogen-bond donors (Lipinski definition) is 1. The summed E-state index contributed by atoms with van der Waals surface area (Å²) in [5.74, 6) is -0.574. The SMILES string of the molecule is O=C(O)c1cccc(CC2CN(C(=O)OCc3ccccc3)C2)c1. The molecule has 3 rings (SSSR count). The Balaban J connectivity index is 1.44. The van der Waals surface area contributed by atoms with Crippen LogP contribution in [0.2, 0.25) is 0 Å². The van der Waals surface area contributed by atoms with Gasteiger partial charge in [-0.15, -0.1) is 0 Å². The number of amides is 1. The van der Waals surface area contributed by atoms with Gasteiger partial charge in [0, 0.05) is 13.1 Å². The lowest BCUT2D eigenvalue weighted by Gasteiger charge is -2.38. The highest BCUT2D eigenvalue weighted by molar-refractivity contribution is 5.87. The Morgan fingerprint density at radius 2 is 1.75 bits per heavy atom. The third kappa shape index (κ3) is 3.93. The van der Waals surface area contributed by atoms with Gasteiger partial charge >= 0.3 is 12.1 Å². The molecule has 0 spiro atoms. The van der Waals surface area contributed by atoms with Crippen LogP contribution < -0.4 is 0 Å². The first-order chi connectivity index (χ1) is 11.6. The maximum Gasteiger partial charge on any atom is 0.410 e. The molecular weight excluding hydrogens is 306 g/mol. The fourth-order valence-corrected chi connectivity index (χ4v) is 2.82. The molecule has 5 nitrogen and oxygen atoms in total. The molecule has 1 amide bonds. The number of hydrogen-bond acceptors (Lipinski definition) is 3. The molecule has 0 radical (unpaired) electrons. The summed E-state index contributed by atoms with van der Waals surface area (Å²) in [5.41, 5.74) is 2.25. The van der Waals surface area contributed by atoms with Gasteiger partial charge in [-0.3, -0.25) is 0 Å². The first-order valence-corrected chi connectivity index (χ1v) is 7.89. The zero-order valence-corrected chi connectivity index (χ0v) is 13.2. The summed E-state index contributed by atoms with van der Waals surface area (Å²) in [6, 6.07) is 16.5. The van der Waals surface area contributed by atoms with Crippen LogP contribution in [0, 0.1) is 5.92 Å². The average molecular weight is 325 g/mol. The highest BCUT2D eigenvalue weighted by Gasteiger charge is 2.31. The smallest absolute Gasteiger partial charge is 0.410 e. The molecule has 1 aliphatic rings. The van der Waals surface area contributed by atoms with E-state index in [4.69, 9.17) is 9.84 Å². The van der Waals surface area contributed by atoms with E-state index >= 15 is 0 Å². The normalized spacial score (nSPS) is 14.1. The summed E-state index contributed by atoms with van der Waals surface area (Å²) in [6.07, 6.45) is 0.471. The summed E-state index contributed by atoms with van der Waals surface area (Å²) < 4.78 is 5.29. The minimum atomic E-state index is -0.920. The molecule has 2 aromatic carbocycles. The van der Waals surface area contributed by atoms with Crippen LogP contribution in [0.5, 0.6) is 0 Å². The van der Waals surface area contributed by atoms with Crippen LogP contribution in [0.1, 0.15) is 21.5 Å². The minimum absolute atomic E-state index is 0.279. The number of carbonyl (C=O) groups is 2. The molecule has 1 saturated heterocycles. The van der Waals surface area contributed by atoms with E-state index in [1.165, 1.54) is 0 Å². The van der Waals surface area contributed by atoms with Crippen molar-refractivity contribution in [3.8, 4) is 0 Å². The van der Waals surface area contributed by atoms with E-state index in [0.717, 1.165) is 17.5 Å². The highest BCUT2D eigenvalue weighted by Crippen LogP contribution is 2.22. The molecule has 1 N–H and O–H groups in total. The predicted molar refractivity (Wildman–Crippen MR) is 88.8 cm³/mol. The number of benzene rings is 2. The first-order valence-electron chi connectivity index (χ1n) is 7.89. The molecule has 0 aromatic heterocycles. The molecular formula is C19H19NO4. The van der Waals surface area contributed by atoms with Gasteiger partial charge in [0.1, 0.15) is 6.61 Å². The number of carboxylic acids is 1. The number of likely N-dealkylation sites (tertiary alicyclic amines) is 1. The lowest BCUT2D eigenvalue weighted by Crippen LogP contribution is -2.50. The number of carbonyl (C=O) groups excluding carboxylic acids is 1. The van der Waals surface area contributed by atoms with Crippen LogP contribution in [0.15, 0.2) is 54.6 Å². The number of aromatic carboxylic acids is 1. The maximum absolute atomic E-state index is 12.0. The standard InChI is InChI=1S/C19H19NO4/c21-18(22)17-8-4-7-15(10-17)9-16-11-20(12-16)19(23)24-13-14-5-2-1-3-6-14/h1-8,10,16H,9,11-13H2,(H,21,22). The van der Waals surface area contributed by atoms with Gasteiger partial charge in [0.2, 0.25) is 0 Å². The summed E-state index contributed by atoms with van der Waals surface area (Å²) in [7, 11) is 0. The van der Waals surface area contributed by atoms with Crippen molar-refractivity contribution in [3.63, 3.8) is 0 Å². The Labute approximate surface area is 140 Å². The van der Waals surface area contributed by atoms with Gasteiger partial charge in [0.25, 0.3) is 0 Å². The first kappa shape index (κ1) is 16.1. The van der Waals surface area contributed by atoms with Gasteiger partial charge in [-0.25, -0.2) is 9.59 Å². The van der Waals surface area contributed by atoms with Crippen molar-refractivity contribution < 1.29 is 19.4 Å². The quantitative estimate of drug-likeness (QED) is 0.917. The summed E-state index contributed by atoms with van der Waals surface area (Å²) in [4.78, 5) is 24.6. The fraction of sp³-hybridized carbons (Fsp3) is 0.263. The van der Waals surface area contributed by atoms with Crippen LogP contribution in [-0.4, -0.2) is 35.2 Å². The second-order valence-corrected chi connectivity index (χ2v) is 6.02. The van der Waals surface area contributed by atoms with Gasteiger partial charge in [-0.2, -0.15) is 0 Å². The van der Waals surface area contributed by atoms with Crippen LogP contribution in [0.25, 0.3) is 0 Å². The third-order valence-electron chi connectivity index (χ3n) is 4.12. The van der Waals surface area contributed by atoms with Crippen LogP contribution in [0.3, 0.4) is 0 Å². The molecule has 0 unspecified atom stereocenters. The van der Waals surface area contributed by atoms with Gasteiger partial charge in [0.15, 0.2) is 0 Å². The lowest BCUT2D eigenvalue weighted by molar-refractivity contribution is 0.0496. The number of carboxylic acid groups (broad SMARTS) is 1. The topological polar surface area (TPSA) is 66.8 Å². The van der Waals surface area contributed by atoms with Crippen molar-refractivity contribution in [1.29, 1.82) is 0 Å². The molecule has 124 valence electrons. The van der Waals surface area contributed by atoms with Crippen molar-refractivity contribution in [2.45, 2.75) is 13.0 Å². The van der Waals surface area contributed by atoms with Gasteiger partial charge in [-0.1, -0.05) is 42.5 Å².